The Morgan fingerprint density at radius 1 is 1.25 bits per heavy atom. The molecule has 1 aromatic rings. The first-order chi connectivity index (χ1) is 9.61. The maximum absolute atomic E-state index is 12.2. The highest BCUT2D eigenvalue weighted by Crippen LogP contribution is 2.42. The van der Waals surface area contributed by atoms with Gasteiger partial charge in [-0.05, 0) is 12.0 Å². The maximum Gasteiger partial charge on any atom is 0.228 e. The van der Waals surface area contributed by atoms with Gasteiger partial charge in [0.15, 0.2) is 0 Å². The number of allylic oxidation sites excluding steroid dienone is 3. The summed E-state index contributed by atoms with van der Waals surface area (Å²) in [6.07, 6.45) is 9.59. The Hall–Kier alpha value is -1.83. The number of amides is 1. The molecule has 1 aliphatic heterocycles. The zero-order valence-electron chi connectivity index (χ0n) is 12.1. The van der Waals surface area contributed by atoms with E-state index in [1.807, 2.05) is 30.0 Å². The maximum atomic E-state index is 12.2. The molecule has 2 heteroatoms. The fraction of sp³-hybridized carbons (Fsp3) is 0.389. The summed E-state index contributed by atoms with van der Waals surface area (Å²) >= 11 is 0. The molecule has 0 radical (unpaired) electrons. The summed E-state index contributed by atoms with van der Waals surface area (Å²) in [5, 5.41) is 0. The lowest BCUT2D eigenvalue weighted by Gasteiger charge is -2.49. The van der Waals surface area contributed by atoms with Gasteiger partial charge >= 0.3 is 0 Å². The number of rotatable bonds is 3. The normalized spacial score (nSPS) is 32.3. The van der Waals surface area contributed by atoms with E-state index in [0.717, 1.165) is 13.0 Å². The number of likely N-dealkylation sites (tertiary alicyclic amines) is 1. The Bertz CT molecular complexity index is 560. The molecular weight excluding hydrogens is 246 g/mol. The first-order valence-electron chi connectivity index (χ1n) is 7.30. The summed E-state index contributed by atoms with van der Waals surface area (Å²) in [6, 6.07) is 10.6. The van der Waals surface area contributed by atoms with Gasteiger partial charge < -0.3 is 4.90 Å². The Balaban J connectivity index is 1.80. The molecule has 1 heterocycles. The monoisotopic (exact) mass is 267 g/mol. The first-order valence-corrected chi connectivity index (χ1v) is 7.30. The molecule has 3 atom stereocenters. The van der Waals surface area contributed by atoms with E-state index in [0.29, 0.717) is 0 Å². The summed E-state index contributed by atoms with van der Waals surface area (Å²) in [7, 11) is 0. The summed E-state index contributed by atoms with van der Waals surface area (Å²) in [5.74, 6) is 0.382. The highest BCUT2D eigenvalue weighted by molar-refractivity contribution is 5.86. The predicted octanol–water partition coefficient (Wildman–Crippen LogP) is 3.73. The van der Waals surface area contributed by atoms with Crippen molar-refractivity contribution in [2.24, 2.45) is 11.3 Å². The zero-order valence-corrected chi connectivity index (χ0v) is 12.1. The minimum absolute atomic E-state index is 0.0670. The van der Waals surface area contributed by atoms with Crippen LogP contribution in [0.4, 0.5) is 0 Å². The molecular formula is C18H21NO. The average Bonchev–Trinajstić information content (AvgIpc) is 2.48. The van der Waals surface area contributed by atoms with E-state index in [9.17, 15) is 4.79 Å². The van der Waals surface area contributed by atoms with Gasteiger partial charge in [-0.15, -0.1) is 0 Å². The Morgan fingerprint density at radius 2 is 2.00 bits per heavy atom. The second-order valence-electron chi connectivity index (χ2n) is 6.26. The van der Waals surface area contributed by atoms with E-state index in [1.54, 1.807) is 0 Å². The molecule has 20 heavy (non-hydrogen) atoms. The van der Waals surface area contributed by atoms with Gasteiger partial charge in [-0.3, -0.25) is 4.79 Å². The third kappa shape index (κ3) is 2.20. The standard InChI is InChI=1S/C18H21NO/c1-14-16(15-9-5-3-6-10-15)19(17(14)20)13-18(2)11-7-4-8-12-18/h3-11,14,16H,12-13H2,1-2H3/t14-,16+,18+/m0/s1. The number of carbonyl (C=O) groups is 1. The topological polar surface area (TPSA) is 20.3 Å². The SMILES string of the molecule is C[C@@H]1C(=O)N(C[C@]2(C)C=CC=CC2)[C@H]1c1ccccc1. The summed E-state index contributed by atoms with van der Waals surface area (Å²) < 4.78 is 0. The molecule has 2 nitrogen and oxygen atoms in total. The Labute approximate surface area is 120 Å². The van der Waals surface area contributed by atoms with Crippen molar-refractivity contribution in [3.05, 3.63) is 60.2 Å². The van der Waals surface area contributed by atoms with Crippen LogP contribution in [0.1, 0.15) is 31.9 Å². The number of hydrogen-bond acceptors (Lipinski definition) is 1. The predicted molar refractivity (Wildman–Crippen MR) is 81.1 cm³/mol. The van der Waals surface area contributed by atoms with Crippen LogP contribution >= 0.6 is 0 Å². The van der Waals surface area contributed by atoms with Crippen LogP contribution in [0.5, 0.6) is 0 Å². The van der Waals surface area contributed by atoms with Crippen LogP contribution in [0, 0.1) is 11.3 Å². The lowest BCUT2D eigenvalue weighted by Crippen LogP contribution is -2.56. The highest BCUT2D eigenvalue weighted by atomic mass is 16.2. The second-order valence-corrected chi connectivity index (χ2v) is 6.26. The van der Waals surface area contributed by atoms with E-state index in [4.69, 9.17) is 0 Å². The van der Waals surface area contributed by atoms with Crippen molar-refractivity contribution in [3.63, 3.8) is 0 Å². The van der Waals surface area contributed by atoms with Crippen LogP contribution < -0.4 is 0 Å². The van der Waals surface area contributed by atoms with Gasteiger partial charge in [-0.25, -0.2) is 0 Å². The van der Waals surface area contributed by atoms with E-state index in [2.05, 4.69) is 43.4 Å². The lowest BCUT2D eigenvalue weighted by atomic mass is 9.78. The van der Waals surface area contributed by atoms with E-state index >= 15 is 0 Å². The van der Waals surface area contributed by atoms with Crippen molar-refractivity contribution in [1.29, 1.82) is 0 Å². The van der Waals surface area contributed by atoms with Gasteiger partial charge in [0.05, 0.1) is 12.0 Å². The smallest absolute Gasteiger partial charge is 0.228 e. The third-order valence-corrected chi connectivity index (χ3v) is 4.48. The minimum Gasteiger partial charge on any atom is -0.334 e. The van der Waals surface area contributed by atoms with Crippen LogP contribution in [0.3, 0.4) is 0 Å². The van der Waals surface area contributed by atoms with Crippen LogP contribution in [0.25, 0.3) is 0 Å². The average molecular weight is 267 g/mol. The van der Waals surface area contributed by atoms with Crippen molar-refractivity contribution in [3.8, 4) is 0 Å². The second kappa shape index (κ2) is 4.93. The highest BCUT2D eigenvalue weighted by Gasteiger charge is 2.46. The Kier molecular flexibility index (Phi) is 3.25. The van der Waals surface area contributed by atoms with Crippen molar-refractivity contribution >= 4 is 5.91 Å². The minimum atomic E-state index is 0.0670. The molecule has 0 bridgehead atoms. The molecule has 0 N–H and O–H groups in total. The quantitative estimate of drug-likeness (QED) is 0.764. The summed E-state index contributed by atoms with van der Waals surface area (Å²) in [4.78, 5) is 14.3. The molecule has 3 rings (SSSR count). The van der Waals surface area contributed by atoms with Crippen molar-refractivity contribution < 1.29 is 4.79 Å². The molecule has 0 spiro atoms. The fourth-order valence-electron chi connectivity index (χ4n) is 3.29. The van der Waals surface area contributed by atoms with E-state index < -0.39 is 0 Å². The third-order valence-electron chi connectivity index (χ3n) is 4.48. The van der Waals surface area contributed by atoms with Crippen LogP contribution in [-0.4, -0.2) is 17.4 Å². The molecule has 0 unspecified atom stereocenters. The van der Waals surface area contributed by atoms with E-state index in [-0.39, 0.29) is 23.3 Å². The lowest BCUT2D eigenvalue weighted by molar-refractivity contribution is -0.157. The molecule has 104 valence electrons. The van der Waals surface area contributed by atoms with Crippen LogP contribution in [0.15, 0.2) is 54.6 Å². The van der Waals surface area contributed by atoms with Gasteiger partial charge in [-0.2, -0.15) is 0 Å². The molecule has 1 aromatic carbocycles. The van der Waals surface area contributed by atoms with Crippen LogP contribution in [0.2, 0.25) is 0 Å². The summed E-state index contributed by atoms with van der Waals surface area (Å²) in [6.45, 7) is 5.07. The number of β-lactam (4-membered cyclic amide) rings is 1. The number of benzene rings is 1. The number of hydrogen-bond donors (Lipinski definition) is 0. The number of carbonyl (C=O) groups excluding carboxylic acids is 1. The molecule has 1 amide bonds. The molecule has 1 fully saturated rings. The van der Waals surface area contributed by atoms with Gasteiger partial charge in [0.1, 0.15) is 0 Å². The molecule has 1 aliphatic carbocycles. The van der Waals surface area contributed by atoms with Crippen molar-refractivity contribution in [1.82, 2.24) is 4.90 Å². The molecule has 0 saturated carbocycles. The van der Waals surface area contributed by atoms with Gasteiger partial charge in [-0.1, -0.05) is 68.5 Å². The largest absolute Gasteiger partial charge is 0.334 e. The molecule has 1 saturated heterocycles. The molecule has 2 aliphatic rings. The molecule has 0 aromatic heterocycles. The van der Waals surface area contributed by atoms with Gasteiger partial charge in [0.25, 0.3) is 0 Å². The van der Waals surface area contributed by atoms with Crippen molar-refractivity contribution in [2.75, 3.05) is 6.54 Å². The first kappa shape index (κ1) is 13.2. The van der Waals surface area contributed by atoms with Gasteiger partial charge in [0.2, 0.25) is 5.91 Å². The van der Waals surface area contributed by atoms with Crippen LogP contribution in [-0.2, 0) is 4.79 Å². The zero-order chi connectivity index (χ0) is 14.2. The van der Waals surface area contributed by atoms with Gasteiger partial charge in [0, 0.05) is 12.0 Å². The fourth-order valence-corrected chi connectivity index (χ4v) is 3.29. The summed E-state index contributed by atoms with van der Waals surface area (Å²) in [5.41, 5.74) is 1.32. The van der Waals surface area contributed by atoms with Crippen molar-refractivity contribution in [2.45, 2.75) is 26.3 Å². The van der Waals surface area contributed by atoms with E-state index in [1.165, 1.54) is 5.56 Å². The number of nitrogens with zero attached hydrogens (tertiary/aromatic N) is 1. The Morgan fingerprint density at radius 3 is 2.65 bits per heavy atom.